The van der Waals surface area contributed by atoms with E-state index in [1.165, 1.54) is 26.5 Å². The average molecular weight is 290 g/mol. The highest BCUT2D eigenvalue weighted by Crippen LogP contribution is 2.31. The van der Waals surface area contributed by atoms with E-state index in [-0.39, 0.29) is 11.7 Å². The van der Waals surface area contributed by atoms with Crippen molar-refractivity contribution in [3.8, 4) is 11.5 Å². The minimum atomic E-state index is -0.113. The third kappa shape index (κ3) is 3.13. The van der Waals surface area contributed by atoms with E-state index in [0.29, 0.717) is 11.3 Å². The number of hydrogen-bond donors (Lipinski definition) is 1. The highest BCUT2D eigenvalue weighted by Gasteiger charge is 2.28. The Morgan fingerprint density at radius 1 is 1.29 bits per heavy atom. The van der Waals surface area contributed by atoms with Crippen LogP contribution in [0.25, 0.3) is 0 Å². The SMILES string of the molecule is COc1cccc(C(=O)N2CCN(CC3CC3)CC2)c1O. The second-order valence-corrected chi connectivity index (χ2v) is 5.89. The molecular weight excluding hydrogens is 268 g/mol. The molecular formula is C16H22N2O3. The Morgan fingerprint density at radius 3 is 2.62 bits per heavy atom. The zero-order chi connectivity index (χ0) is 14.8. The van der Waals surface area contributed by atoms with E-state index in [2.05, 4.69) is 4.90 Å². The molecule has 1 aromatic rings. The van der Waals surface area contributed by atoms with Crippen LogP contribution in [0.2, 0.25) is 0 Å². The van der Waals surface area contributed by atoms with Crippen molar-refractivity contribution in [3.05, 3.63) is 23.8 Å². The van der Waals surface area contributed by atoms with Gasteiger partial charge in [-0.05, 0) is 30.9 Å². The first-order valence-electron chi connectivity index (χ1n) is 7.56. The van der Waals surface area contributed by atoms with Gasteiger partial charge in [0.05, 0.1) is 12.7 Å². The van der Waals surface area contributed by atoms with Crippen LogP contribution in [0.1, 0.15) is 23.2 Å². The molecule has 0 spiro atoms. The molecule has 1 aromatic carbocycles. The number of carbonyl (C=O) groups excluding carboxylic acids is 1. The number of benzene rings is 1. The van der Waals surface area contributed by atoms with Crippen molar-refractivity contribution in [2.75, 3.05) is 39.8 Å². The largest absolute Gasteiger partial charge is 0.504 e. The lowest BCUT2D eigenvalue weighted by Gasteiger charge is -2.35. The summed E-state index contributed by atoms with van der Waals surface area (Å²) >= 11 is 0. The summed E-state index contributed by atoms with van der Waals surface area (Å²) in [7, 11) is 1.49. The molecule has 0 bridgehead atoms. The summed E-state index contributed by atoms with van der Waals surface area (Å²) in [4.78, 5) is 16.8. The lowest BCUT2D eigenvalue weighted by atomic mass is 10.1. The van der Waals surface area contributed by atoms with Crippen molar-refractivity contribution in [2.45, 2.75) is 12.8 Å². The molecule has 5 nitrogen and oxygen atoms in total. The highest BCUT2D eigenvalue weighted by atomic mass is 16.5. The number of aromatic hydroxyl groups is 1. The Kier molecular flexibility index (Phi) is 4.01. The molecule has 21 heavy (non-hydrogen) atoms. The molecule has 2 aliphatic rings. The molecule has 0 aromatic heterocycles. The topological polar surface area (TPSA) is 53.0 Å². The summed E-state index contributed by atoms with van der Waals surface area (Å²) in [5.74, 6) is 1.05. The van der Waals surface area contributed by atoms with E-state index < -0.39 is 0 Å². The zero-order valence-electron chi connectivity index (χ0n) is 12.4. The fraction of sp³-hybridized carbons (Fsp3) is 0.562. The third-order valence-electron chi connectivity index (χ3n) is 4.32. The minimum Gasteiger partial charge on any atom is -0.504 e. The number of methoxy groups -OCH3 is 1. The monoisotopic (exact) mass is 290 g/mol. The Bertz CT molecular complexity index is 520. The number of hydrogen-bond acceptors (Lipinski definition) is 4. The van der Waals surface area contributed by atoms with Crippen molar-refractivity contribution >= 4 is 5.91 Å². The van der Waals surface area contributed by atoms with E-state index in [1.54, 1.807) is 18.2 Å². The van der Waals surface area contributed by atoms with Gasteiger partial charge in [-0.2, -0.15) is 0 Å². The molecule has 0 unspecified atom stereocenters. The van der Waals surface area contributed by atoms with Crippen molar-refractivity contribution in [2.24, 2.45) is 5.92 Å². The van der Waals surface area contributed by atoms with E-state index in [0.717, 1.165) is 32.1 Å². The van der Waals surface area contributed by atoms with Gasteiger partial charge >= 0.3 is 0 Å². The van der Waals surface area contributed by atoms with Gasteiger partial charge in [0.2, 0.25) is 0 Å². The predicted molar refractivity (Wildman–Crippen MR) is 79.7 cm³/mol. The summed E-state index contributed by atoms with van der Waals surface area (Å²) in [6.45, 7) is 4.47. The van der Waals surface area contributed by atoms with Crippen molar-refractivity contribution in [3.63, 3.8) is 0 Å². The number of para-hydroxylation sites is 1. The Hall–Kier alpha value is -1.75. The number of phenols is 1. The fourth-order valence-electron chi connectivity index (χ4n) is 2.83. The van der Waals surface area contributed by atoms with Crippen LogP contribution in [0.3, 0.4) is 0 Å². The summed E-state index contributed by atoms with van der Waals surface area (Å²) in [5.41, 5.74) is 0.324. The Labute approximate surface area is 125 Å². The number of piperazine rings is 1. The van der Waals surface area contributed by atoms with Crippen LogP contribution in [-0.2, 0) is 0 Å². The molecule has 1 heterocycles. The molecule has 1 saturated heterocycles. The molecule has 0 radical (unpaired) electrons. The summed E-state index contributed by atoms with van der Waals surface area (Å²) in [5, 5.41) is 10.1. The van der Waals surface area contributed by atoms with Gasteiger partial charge in [0.25, 0.3) is 5.91 Å². The molecule has 1 aliphatic carbocycles. The average Bonchev–Trinajstić information content (AvgIpc) is 3.32. The van der Waals surface area contributed by atoms with Gasteiger partial charge in [-0.3, -0.25) is 9.69 Å². The maximum Gasteiger partial charge on any atom is 0.257 e. The molecule has 1 saturated carbocycles. The van der Waals surface area contributed by atoms with E-state index in [9.17, 15) is 9.90 Å². The van der Waals surface area contributed by atoms with E-state index in [4.69, 9.17) is 4.74 Å². The molecule has 5 heteroatoms. The molecule has 2 fully saturated rings. The van der Waals surface area contributed by atoms with Crippen LogP contribution in [0.4, 0.5) is 0 Å². The van der Waals surface area contributed by atoms with Gasteiger partial charge in [-0.25, -0.2) is 0 Å². The normalized spacial score (nSPS) is 19.6. The fourth-order valence-corrected chi connectivity index (χ4v) is 2.83. The maximum atomic E-state index is 12.5. The highest BCUT2D eigenvalue weighted by molar-refractivity contribution is 5.97. The van der Waals surface area contributed by atoms with Crippen molar-refractivity contribution in [1.29, 1.82) is 0 Å². The third-order valence-corrected chi connectivity index (χ3v) is 4.32. The van der Waals surface area contributed by atoms with E-state index >= 15 is 0 Å². The lowest BCUT2D eigenvalue weighted by molar-refractivity contribution is 0.0628. The van der Waals surface area contributed by atoms with Gasteiger partial charge in [-0.1, -0.05) is 6.07 Å². The standard InChI is InChI=1S/C16H22N2O3/c1-21-14-4-2-3-13(15(14)19)16(20)18-9-7-17(8-10-18)11-12-5-6-12/h2-4,12,19H,5-11H2,1H3. The molecule has 3 rings (SSSR count). The van der Waals surface area contributed by atoms with Crippen molar-refractivity contribution < 1.29 is 14.6 Å². The molecule has 114 valence electrons. The van der Waals surface area contributed by atoms with E-state index in [1.807, 2.05) is 4.90 Å². The molecule has 0 atom stereocenters. The quantitative estimate of drug-likeness (QED) is 0.914. The number of phenolic OH excluding ortho intramolecular Hbond substituents is 1. The summed E-state index contributed by atoms with van der Waals surface area (Å²) < 4.78 is 5.06. The van der Waals surface area contributed by atoms with Crippen molar-refractivity contribution in [1.82, 2.24) is 9.80 Å². The first-order chi connectivity index (χ1) is 10.2. The summed E-state index contributed by atoms with van der Waals surface area (Å²) in [6, 6.07) is 5.03. The maximum absolute atomic E-state index is 12.5. The number of nitrogens with zero attached hydrogens (tertiary/aromatic N) is 2. The van der Waals surface area contributed by atoms with Crippen LogP contribution in [-0.4, -0.2) is 60.6 Å². The van der Waals surface area contributed by atoms with Gasteiger partial charge in [0.15, 0.2) is 11.5 Å². The first kappa shape index (κ1) is 14.2. The number of carbonyl (C=O) groups is 1. The number of rotatable bonds is 4. The van der Waals surface area contributed by atoms with Crippen LogP contribution in [0, 0.1) is 5.92 Å². The zero-order valence-corrected chi connectivity index (χ0v) is 12.4. The second kappa shape index (κ2) is 5.93. The lowest BCUT2D eigenvalue weighted by Crippen LogP contribution is -2.49. The van der Waals surface area contributed by atoms with Crippen LogP contribution < -0.4 is 4.74 Å². The smallest absolute Gasteiger partial charge is 0.257 e. The molecule has 1 aliphatic heterocycles. The Morgan fingerprint density at radius 2 is 2.00 bits per heavy atom. The Balaban J connectivity index is 1.63. The van der Waals surface area contributed by atoms with Gasteiger partial charge in [0, 0.05) is 32.7 Å². The van der Waals surface area contributed by atoms with Gasteiger partial charge < -0.3 is 14.7 Å². The number of ether oxygens (including phenoxy) is 1. The minimum absolute atomic E-state index is 0.0644. The van der Waals surface area contributed by atoms with Gasteiger partial charge in [-0.15, -0.1) is 0 Å². The number of amides is 1. The first-order valence-corrected chi connectivity index (χ1v) is 7.56. The van der Waals surface area contributed by atoms with Gasteiger partial charge in [0.1, 0.15) is 0 Å². The summed E-state index contributed by atoms with van der Waals surface area (Å²) in [6.07, 6.45) is 2.72. The molecule has 1 amide bonds. The van der Waals surface area contributed by atoms with Crippen LogP contribution in [0.15, 0.2) is 18.2 Å². The predicted octanol–water partition coefficient (Wildman–Crippen LogP) is 1.57. The van der Waals surface area contributed by atoms with Crippen LogP contribution >= 0.6 is 0 Å². The second-order valence-electron chi connectivity index (χ2n) is 5.89. The van der Waals surface area contributed by atoms with Crippen LogP contribution in [0.5, 0.6) is 11.5 Å². The molecule has 1 N–H and O–H groups in total.